The van der Waals surface area contributed by atoms with Crippen LogP contribution in [0.25, 0.3) is 0 Å². The first-order valence-electron chi connectivity index (χ1n) is 0. The third-order valence-electron chi connectivity index (χ3n) is 0. The van der Waals surface area contributed by atoms with Crippen LogP contribution >= 0.6 is 0 Å². The Morgan fingerprint density at radius 2 is 0.444 bits per heavy atom. The van der Waals surface area contributed by atoms with Crippen LogP contribution in [0, 0.1) is 0 Å². The standard InChI is InChI=1S/Co.Ni.6H2O.Zn/h;;6*1H2;/q2*+2;;;;;;;+2/p-6. The predicted octanol–water partition coefficient (Wildman–Crippen LogP) is -1.07. The maximum absolute atomic E-state index is 0. The van der Waals surface area contributed by atoms with Gasteiger partial charge in [0.2, 0.25) is 0 Å². The van der Waals surface area contributed by atoms with E-state index in [9.17, 15) is 0 Å². The van der Waals surface area contributed by atoms with Crippen LogP contribution in [0.15, 0.2) is 0 Å². The van der Waals surface area contributed by atoms with Crippen LogP contribution in [0.4, 0.5) is 0 Å². The minimum absolute atomic E-state index is 0. The normalized spacial score (nSPS) is 0. The molecule has 0 saturated heterocycles. The zero-order valence-electron chi connectivity index (χ0n) is 4.04. The molecule has 1 radical (unpaired) electrons. The van der Waals surface area contributed by atoms with Crippen molar-refractivity contribution < 1.29 is 85.6 Å². The molecule has 0 unspecified atom stereocenters. The molecule has 0 fully saturated rings. The quantitative estimate of drug-likeness (QED) is 0.510. The van der Waals surface area contributed by atoms with Crippen LogP contribution in [-0.2, 0) is 52.7 Å². The fourth-order valence-corrected chi connectivity index (χ4v) is 0. The molecule has 6 N–H and O–H groups in total. The van der Waals surface area contributed by atoms with Crippen LogP contribution in [0.2, 0.25) is 0 Å². The number of hydrogen-bond acceptors (Lipinski definition) is 6. The Morgan fingerprint density at radius 3 is 0.444 bits per heavy atom. The van der Waals surface area contributed by atoms with Gasteiger partial charge in [0.25, 0.3) is 0 Å². The molecule has 0 atom stereocenters. The van der Waals surface area contributed by atoms with Gasteiger partial charge in [-0.15, -0.1) is 0 Å². The van der Waals surface area contributed by atoms with Gasteiger partial charge in [0.05, 0.1) is 0 Å². The maximum Gasteiger partial charge on any atom is 2.00 e. The summed E-state index contributed by atoms with van der Waals surface area (Å²) in [5.41, 5.74) is 0. The van der Waals surface area contributed by atoms with Gasteiger partial charge < -0.3 is 32.9 Å². The van der Waals surface area contributed by atoms with E-state index >= 15 is 0 Å². The number of rotatable bonds is 0. The van der Waals surface area contributed by atoms with Crippen molar-refractivity contribution in [1.29, 1.82) is 0 Å². The van der Waals surface area contributed by atoms with E-state index < -0.39 is 0 Å². The molecule has 9 heteroatoms. The fraction of sp³-hybridized carbons (Fsp3) is 0. The predicted molar refractivity (Wildman–Crippen MR) is 11.6 cm³/mol. The van der Waals surface area contributed by atoms with Crippen LogP contribution < -0.4 is 0 Å². The van der Waals surface area contributed by atoms with Crippen LogP contribution in [-0.4, -0.2) is 32.9 Å². The van der Waals surface area contributed by atoms with Gasteiger partial charge in [0, 0.05) is 0 Å². The molecular formula is H6CoNiO6Zn. The van der Waals surface area contributed by atoms with Crippen molar-refractivity contribution in [3.8, 4) is 0 Å². The molecule has 0 rings (SSSR count). The van der Waals surface area contributed by atoms with E-state index in [0.29, 0.717) is 0 Å². The second kappa shape index (κ2) is 345. The van der Waals surface area contributed by atoms with E-state index in [-0.39, 0.29) is 85.6 Å². The van der Waals surface area contributed by atoms with Crippen molar-refractivity contribution in [3.63, 3.8) is 0 Å². The van der Waals surface area contributed by atoms with E-state index in [1.54, 1.807) is 0 Å². The third kappa shape index (κ3) is 267. The van der Waals surface area contributed by atoms with Crippen molar-refractivity contribution in [3.05, 3.63) is 0 Å². The summed E-state index contributed by atoms with van der Waals surface area (Å²) in [5.74, 6) is 0. The molecule has 0 aromatic rings. The maximum atomic E-state index is 0. The topological polar surface area (TPSA) is 180 Å². The largest absolute Gasteiger partial charge is 2.00 e. The molecule has 6 nitrogen and oxygen atoms in total. The molecule has 0 heterocycles. The molecule has 0 bridgehead atoms. The van der Waals surface area contributed by atoms with Gasteiger partial charge in [-0.3, -0.25) is 0 Å². The minimum Gasteiger partial charge on any atom is -0.870 e. The Balaban J connectivity index is 0. The molecule has 0 aliphatic carbocycles. The second-order valence-electron chi connectivity index (χ2n) is 0. The van der Waals surface area contributed by atoms with E-state index in [1.807, 2.05) is 0 Å². The van der Waals surface area contributed by atoms with Gasteiger partial charge in [-0.1, -0.05) is 0 Å². The van der Waals surface area contributed by atoms with Gasteiger partial charge in [0.1, 0.15) is 0 Å². The zero-order valence-corrected chi connectivity index (χ0v) is 9.04. The summed E-state index contributed by atoms with van der Waals surface area (Å²) in [7, 11) is 0. The number of hydrogen-bond donors (Lipinski definition) is 0. The molecule has 0 aromatic carbocycles. The SMILES string of the molecule is [Co+2].[Ni+2].[OH-].[OH-].[OH-].[OH-].[OH-].[OH-].[Zn+2]. The first-order valence-corrected chi connectivity index (χ1v) is 0. The van der Waals surface area contributed by atoms with E-state index in [2.05, 4.69) is 0 Å². The minimum atomic E-state index is 0. The average Bonchev–Trinajstić information content (AvgIpc) is 0. The molecule has 9 heavy (non-hydrogen) atoms. The van der Waals surface area contributed by atoms with Gasteiger partial charge in [-0.05, 0) is 0 Å². The molecular weight excluding hydrogens is 279 g/mol. The first-order chi connectivity index (χ1) is 0. The van der Waals surface area contributed by atoms with Gasteiger partial charge >= 0.3 is 52.7 Å². The fourth-order valence-electron chi connectivity index (χ4n) is 0. The zero-order chi connectivity index (χ0) is 0. The molecule has 0 amide bonds. The third-order valence-corrected chi connectivity index (χ3v) is 0. The summed E-state index contributed by atoms with van der Waals surface area (Å²) in [6.45, 7) is 0. The van der Waals surface area contributed by atoms with Crippen LogP contribution in [0.5, 0.6) is 0 Å². The van der Waals surface area contributed by atoms with Gasteiger partial charge in [0.15, 0.2) is 0 Å². The van der Waals surface area contributed by atoms with E-state index in [0.717, 1.165) is 0 Å². The Bertz CT molecular complexity index is 13.0. The first kappa shape index (κ1) is 478. The van der Waals surface area contributed by atoms with Crippen LogP contribution in [0.3, 0.4) is 0 Å². The Labute approximate surface area is 85.5 Å². The molecule has 0 aliphatic rings. The van der Waals surface area contributed by atoms with E-state index in [1.165, 1.54) is 0 Å². The van der Waals surface area contributed by atoms with Crippen molar-refractivity contribution in [2.75, 3.05) is 0 Å². The van der Waals surface area contributed by atoms with Crippen molar-refractivity contribution in [2.45, 2.75) is 0 Å². The van der Waals surface area contributed by atoms with Gasteiger partial charge in [-0.25, -0.2) is 0 Å². The van der Waals surface area contributed by atoms with Crippen LogP contribution in [0.1, 0.15) is 0 Å². The second-order valence-corrected chi connectivity index (χ2v) is 0. The van der Waals surface area contributed by atoms with E-state index in [4.69, 9.17) is 0 Å². The smallest absolute Gasteiger partial charge is 0.870 e. The molecule has 0 spiro atoms. The summed E-state index contributed by atoms with van der Waals surface area (Å²) < 4.78 is 0. The Morgan fingerprint density at radius 1 is 0.444 bits per heavy atom. The monoisotopic (exact) mass is 283 g/mol. The molecule has 0 aliphatic heterocycles. The molecule has 0 saturated carbocycles. The summed E-state index contributed by atoms with van der Waals surface area (Å²) >= 11 is 0. The van der Waals surface area contributed by atoms with Crippen molar-refractivity contribution in [2.24, 2.45) is 0 Å². The molecule has 63 valence electrons. The Hall–Kier alpha value is 1.38. The summed E-state index contributed by atoms with van der Waals surface area (Å²) in [6.07, 6.45) is 0. The Kier molecular flexibility index (Phi) is 18300. The molecule has 0 aromatic heterocycles. The van der Waals surface area contributed by atoms with Gasteiger partial charge in [-0.2, -0.15) is 0 Å². The van der Waals surface area contributed by atoms with Crippen molar-refractivity contribution in [1.82, 2.24) is 0 Å². The summed E-state index contributed by atoms with van der Waals surface area (Å²) in [5, 5.41) is 0. The average molecular weight is 285 g/mol. The summed E-state index contributed by atoms with van der Waals surface area (Å²) in [4.78, 5) is 0. The van der Waals surface area contributed by atoms with Crippen molar-refractivity contribution >= 4 is 0 Å². The summed E-state index contributed by atoms with van der Waals surface area (Å²) in [6, 6.07) is 0.